The normalized spacial score (nSPS) is 14.5. The van der Waals surface area contributed by atoms with Crippen LogP contribution in [0, 0.1) is 0 Å². The average Bonchev–Trinajstić information content (AvgIpc) is 2.83. The van der Waals surface area contributed by atoms with Crippen LogP contribution in [0.2, 0.25) is 6.04 Å². The van der Waals surface area contributed by atoms with Gasteiger partial charge in [-0.1, -0.05) is 11.8 Å². The van der Waals surface area contributed by atoms with Crippen LogP contribution in [-0.2, 0) is 27.5 Å². The van der Waals surface area contributed by atoms with Crippen LogP contribution in [0.15, 0.2) is 29.4 Å². The minimum absolute atomic E-state index is 0.180. The predicted molar refractivity (Wildman–Crippen MR) is 133 cm³/mol. The number of nitrogens with zero attached hydrogens (tertiary/aromatic N) is 1. The van der Waals surface area contributed by atoms with E-state index in [1.54, 1.807) is 72.4 Å². The second kappa shape index (κ2) is 15.9. The second-order valence-corrected chi connectivity index (χ2v) is 13.4. The molecule has 0 amide bonds. The van der Waals surface area contributed by atoms with Crippen LogP contribution in [0.1, 0.15) is 13.3 Å². The molecule has 1 aromatic heterocycles. The topological polar surface area (TPSA) is 68.3 Å². The van der Waals surface area contributed by atoms with E-state index in [9.17, 15) is 0 Å². The SMILES string of the molecule is COC(C)C(OC)(OC)SCCCSC(CSc1cccnc1)C[Si](OC)(OC)OC. The molecule has 0 aromatic carbocycles. The van der Waals surface area contributed by atoms with Crippen molar-refractivity contribution in [2.45, 2.75) is 40.8 Å². The molecule has 31 heavy (non-hydrogen) atoms. The van der Waals surface area contributed by atoms with Crippen LogP contribution in [0.25, 0.3) is 0 Å². The van der Waals surface area contributed by atoms with E-state index in [1.807, 2.05) is 30.9 Å². The minimum Gasteiger partial charge on any atom is -0.377 e. The van der Waals surface area contributed by atoms with Crippen LogP contribution in [-0.4, -0.2) is 90.2 Å². The zero-order chi connectivity index (χ0) is 23.2. The summed E-state index contributed by atoms with van der Waals surface area (Å²) in [6.07, 6.45) is 4.51. The predicted octanol–water partition coefficient (Wildman–Crippen LogP) is 4.26. The van der Waals surface area contributed by atoms with Crippen molar-refractivity contribution in [3.63, 3.8) is 0 Å². The van der Waals surface area contributed by atoms with Crippen molar-refractivity contribution in [2.75, 3.05) is 59.9 Å². The monoisotopic (exact) mass is 511 g/mol. The summed E-state index contributed by atoms with van der Waals surface area (Å²) in [4.78, 5) is 5.36. The van der Waals surface area contributed by atoms with Gasteiger partial charge in [-0.05, 0) is 37.0 Å². The summed E-state index contributed by atoms with van der Waals surface area (Å²) in [5.41, 5.74) is 0. The van der Waals surface area contributed by atoms with E-state index in [0.29, 0.717) is 5.25 Å². The zero-order valence-electron chi connectivity index (χ0n) is 19.6. The Bertz CT molecular complexity index is 573. The van der Waals surface area contributed by atoms with Gasteiger partial charge in [0, 0.05) is 77.0 Å². The molecule has 1 aromatic rings. The Labute approximate surface area is 201 Å². The van der Waals surface area contributed by atoms with Crippen LogP contribution in [0.4, 0.5) is 0 Å². The third kappa shape index (κ3) is 9.52. The molecule has 0 bridgehead atoms. The summed E-state index contributed by atoms with van der Waals surface area (Å²) in [5, 5.41) is -0.464. The Morgan fingerprint density at radius 1 is 1.03 bits per heavy atom. The fraction of sp³-hybridized carbons (Fsp3) is 0.750. The van der Waals surface area contributed by atoms with Crippen molar-refractivity contribution in [1.82, 2.24) is 4.98 Å². The Kier molecular flexibility index (Phi) is 15.0. The first-order valence-corrected chi connectivity index (χ1v) is 15.0. The third-order valence-corrected chi connectivity index (χ3v) is 12.2. The molecule has 1 heterocycles. The second-order valence-electron chi connectivity index (χ2n) is 6.58. The number of pyridine rings is 1. The summed E-state index contributed by atoms with van der Waals surface area (Å²) < 4.78 is 33.7. The first kappa shape index (κ1) is 29.2. The standard InChI is InChI=1S/C20H37NO6S3Si/c1-17(22-2)20(23-3,24-4)30-13-9-12-28-19(16-31(25-5,26-6)27-7)15-29-18-10-8-11-21-14-18/h8,10-11,14,17,19H,9,12-13,15-16H2,1-7H3. The summed E-state index contributed by atoms with van der Waals surface area (Å²) in [5.74, 6) is 2.82. The Balaban J connectivity index is 2.63. The molecule has 7 nitrogen and oxygen atoms in total. The quantitative estimate of drug-likeness (QED) is 0.124. The number of hydrogen-bond donors (Lipinski definition) is 0. The van der Waals surface area contributed by atoms with Crippen LogP contribution in [0.3, 0.4) is 0 Å². The highest BCUT2D eigenvalue weighted by Gasteiger charge is 2.41. The summed E-state index contributed by atoms with van der Waals surface area (Å²) in [7, 11) is 7.30. The van der Waals surface area contributed by atoms with Crippen LogP contribution in [0.5, 0.6) is 0 Å². The fourth-order valence-corrected chi connectivity index (χ4v) is 9.24. The highest BCUT2D eigenvalue weighted by atomic mass is 32.2. The Hall–Kier alpha value is 0.177. The van der Waals surface area contributed by atoms with Gasteiger partial charge in [0.1, 0.15) is 6.10 Å². The molecule has 11 heteroatoms. The molecule has 2 atom stereocenters. The molecule has 180 valence electrons. The van der Waals surface area contributed by atoms with E-state index in [2.05, 4.69) is 11.1 Å². The third-order valence-electron chi connectivity index (χ3n) is 4.85. The molecule has 0 aliphatic carbocycles. The van der Waals surface area contributed by atoms with Gasteiger partial charge in [-0.2, -0.15) is 11.8 Å². The molecule has 0 aliphatic rings. The molecule has 0 spiro atoms. The maximum Gasteiger partial charge on any atom is 0.501 e. The summed E-state index contributed by atoms with van der Waals surface area (Å²) in [6.45, 7) is 1.95. The molecule has 0 saturated carbocycles. The van der Waals surface area contributed by atoms with Crippen molar-refractivity contribution >= 4 is 44.1 Å². The number of aromatic nitrogens is 1. The van der Waals surface area contributed by atoms with Crippen molar-refractivity contribution in [1.29, 1.82) is 0 Å². The molecule has 0 aliphatic heterocycles. The van der Waals surface area contributed by atoms with Gasteiger partial charge < -0.3 is 27.5 Å². The van der Waals surface area contributed by atoms with Gasteiger partial charge in [-0.3, -0.25) is 4.98 Å². The number of ether oxygens (including phenoxy) is 3. The zero-order valence-corrected chi connectivity index (χ0v) is 23.1. The fourth-order valence-electron chi connectivity index (χ4n) is 2.88. The van der Waals surface area contributed by atoms with Crippen molar-refractivity contribution < 1.29 is 27.5 Å². The summed E-state index contributed by atoms with van der Waals surface area (Å²) >= 11 is 5.34. The highest BCUT2D eigenvalue weighted by molar-refractivity contribution is 8.03. The van der Waals surface area contributed by atoms with Crippen molar-refractivity contribution in [3.8, 4) is 0 Å². The molecule has 1 rings (SSSR count). The van der Waals surface area contributed by atoms with Gasteiger partial charge in [-0.15, -0.1) is 11.8 Å². The lowest BCUT2D eigenvalue weighted by molar-refractivity contribution is -0.195. The molecule has 0 N–H and O–H groups in total. The highest BCUT2D eigenvalue weighted by Crippen LogP contribution is 2.34. The van der Waals surface area contributed by atoms with Crippen LogP contribution < -0.4 is 0 Å². The number of hydrogen-bond acceptors (Lipinski definition) is 10. The van der Waals surface area contributed by atoms with Crippen LogP contribution >= 0.6 is 35.3 Å². The van der Waals surface area contributed by atoms with Gasteiger partial charge >= 0.3 is 8.80 Å². The van der Waals surface area contributed by atoms with Gasteiger partial charge in [0.15, 0.2) is 0 Å². The first-order chi connectivity index (χ1) is 14.9. The first-order valence-electron chi connectivity index (χ1n) is 10.0. The molecule has 0 fully saturated rings. The lowest BCUT2D eigenvalue weighted by Gasteiger charge is -2.34. The van der Waals surface area contributed by atoms with Crippen molar-refractivity contribution in [2.24, 2.45) is 0 Å². The van der Waals surface area contributed by atoms with Gasteiger partial charge in [0.05, 0.1) is 0 Å². The van der Waals surface area contributed by atoms with Crippen molar-refractivity contribution in [3.05, 3.63) is 24.5 Å². The number of rotatable bonds is 18. The van der Waals surface area contributed by atoms with E-state index >= 15 is 0 Å². The van der Waals surface area contributed by atoms with E-state index in [4.69, 9.17) is 27.5 Å². The van der Waals surface area contributed by atoms with Gasteiger partial charge in [0.2, 0.25) is 5.12 Å². The maximum atomic E-state index is 5.67. The molecular weight excluding hydrogens is 475 g/mol. The number of methoxy groups -OCH3 is 3. The molecule has 0 saturated heterocycles. The molecular formula is C20H37NO6S3Si. The minimum atomic E-state index is -2.66. The lowest BCUT2D eigenvalue weighted by Crippen LogP contribution is -2.45. The largest absolute Gasteiger partial charge is 0.501 e. The smallest absolute Gasteiger partial charge is 0.377 e. The van der Waals surface area contributed by atoms with E-state index in [1.165, 1.54) is 0 Å². The Morgan fingerprint density at radius 3 is 2.23 bits per heavy atom. The summed E-state index contributed by atoms with van der Waals surface area (Å²) in [6, 6.07) is 4.79. The van der Waals surface area contributed by atoms with Gasteiger partial charge in [-0.25, -0.2) is 0 Å². The number of thioether (sulfide) groups is 3. The van der Waals surface area contributed by atoms with Gasteiger partial charge in [0.25, 0.3) is 0 Å². The molecule has 2 unspecified atom stereocenters. The molecule has 0 radical (unpaired) electrons. The van der Waals surface area contributed by atoms with E-state index < -0.39 is 13.9 Å². The lowest BCUT2D eigenvalue weighted by atomic mass is 10.4. The average molecular weight is 512 g/mol. The Morgan fingerprint density at radius 2 is 1.71 bits per heavy atom. The van der Waals surface area contributed by atoms with E-state index in [-0.39, 0.29) is 6.10 Å². The maximum absolute atomic E-state index is 5.67. The van der Waals surface area contributed by atoms with E-state index in [0.717, 1.165) is 34.6 Å².